The van der Waals surface area contributed by atoms with E-state index in [4.69, 9.17) is 5.73 Å². The normalized spacial score (nSPS) is 12.7. The zero-order valence-electron chi connectivity index (χ0n) is 15.9. The van der Waals surface area contributed by atoms with Gasteiger partial charge in [-0.2, -0.15) is 0 Å². The molecular weight excluding hydrogens is 360 g/mol. The number of rotatable bonds is 7. The van der Waals surface area contributed by atoms with Gasteiger partial charge in [0.05, 0.1) is 22.3 Å². The highest BCUT2D eigenvalue weighted by Gasteiger charge is 2.37. The number of phenolic OH excluding ortho intramolecular Hbond substituents is 2. The second kappa shape index (κ2) is 7.87. The highest BCUT2D eigenvalue weighted by molar-refractivity contribution is 6.33. The van der Waals surface area contributed by atoms with Crippen LogP contribution in [0.2, 0.25) is 0 Å². The number of nitrogens with one attached hydrogen (secondary N) is 2. The highest BCUT2D eigenvalue weighted by Crippen LogP contribution is 2.42. The molecular formula is C20H24N4O4. The molecule has 0 unspecified atom stereocenters. The third kappa shape index (κ3) is 3.39. The zero-order valence-corrected chi connectivity index (χ0v) is 15.9. The van der Waals surface area contributed by atoms with Crippen molar-refractivity contribution in [3.63, 3.8) is 0 Å². The standard InChI is InChI=1S/C20H24N4O4/c1-24(2)10-9-23-12-4-6-14(26)18-16(12)20(28)17-13(25)5-3-11(22-8-7-21)15(17)19(18)27/h3-6,22-23,25-26H,7-10,21H2,1-2H3. The molecule has 0 amide bonds. The number of likely N-dealkylation sites (N-methyl/N-ethyl adjacent to an activating group) is 1. The monoisotopic (exact) mass is 384 g/mol. The van der Waals surface area contributed by atoms with Crippen LogP contribution in [-0.4, -0.2) is 67.0 Å². The molecule has 3 rings (SSSR count). The number of phenols is 2. The smallest absolute Gasteiger partial charge is 0.200 e. The lowest BCUT2D eigenvalue weighted by molar-refractivity contribution is 0.0975. The van der Waals surface area contributed by atoms with Crippen molar-refractivity contribution >= 4 is 22.9 Å². The van der Waals surface area contributed by atoms with Crippen LogP contribution in [-0.2, 0) is 0 Å². The molecule has 2 aromatic rings. The van der Waals surface area contributed by atoms with E-state index in [2.05, 4.69) is 10.6 Å². The van der Waals surface area contributed by atoms with E-state index < -0.39 is 11.6 Å². The largest absolute Gasteiger partial charge is 0.507 e. The van der Waals surface area contributed by atoms with Gasteiger partial charge in [-0.15, -0.1) is 0 Å². The van der Waals surface area contributed by atoms with Crippen molar-refractivity contribution in [3.05, 3.63) is 46.5 Å². The quantitative estimate of drug-likeness (QED) is 0.385. The number of aromatic hydroxyl groups is 2. The molecule has 2 aromatic carbocycles. The van der Waals surface area contributed by atoms with E-state index in [0.717, 1.165) is 0 Å². The minimum atomic E-state index is -0.520. The van der Waals surface area contributed by atoms with Gasteiger partial charge in [-0.05, 0) is 38.4 Å². The molecule has 0 atom stereocenters. The van der Waals surface area contributed by atoms with E-state index in [1.807, 2.05) is 19.0 Å². The molecule has 8 heteroatoms. The predicted octanol–water partition coefficient (Wildman–Crippen LogP) is 1.22. The summed E-state index contributed by atoms with van der Waals surface area (Å²) in [5, 5.41) is 26.8. The predicted molar refractivity (Wildman–Crippen MR) is 108 cm³/mol. The Labute approximate surface area is 163 Å². The summed E-state index contributed by atoms with van der Waals surface area (Å²) in [7, 11) is 3.85. The van der Waals surface area contributed by atoms with Gasteiger partial charge in [0.1, 0.15) is 11.5 Å². The van der Waals surface area contributed by atoms with Gasteiger partial charge < -0.3 is 31.5 Å². The van der Waals surface area contributed by atoms with Gasteiger partial charge in [0.2, 0.25) is 11.6 Å². The third-order valence-electron chi connectivity index (χ3n) is 4.61. The Balaban J connectivity index is 2.13. The first-order chi connectivity index (χ1) is 13.4. The van der Waals surface area contributed by atoms with Crippen LogP contribution in [0.15, 0.2) is 24.3 Å². The van der Waals surface area contributed by atoms with Gasteiger partial charge in [0.15, 0.2) is 0 Å². The van der Waals surface area contributed by atoms with Crippen LogP contribution < -0.4 is 16.4 Å². The van der Waals surface area contributed by atoms with E-state index in [-0.39, 0.29) is 33.8 Å². The van der Waals surface area contributed by atoms with Crippen molar-refractivity contribution in [1.82, 2.24) is 4.90 Å². The van der Waals surface area contributed by atoms with Crippen molar-refractivity contribution in [2.24, 2.45) is 5.73 Å². The van der Waals surface area contributed by atoms with Crippen LogP contribution in [0.5, 0.6) is 11.5 Å². The van der Waals surface area contributed by atoms with Crippen molar-refractivity contribution < 1.29 is 19.8 Å². The van der Waals surface area contributed by atoms with E-state index in [0.29, 0.717) is 37.6 Å². The molecule has 0 saturated carbocycles. The maximum Gasteiger partial charge on any atom is 0.200 e. The number of nitrogens with two attached hydrogens (primary N) is 1. The Kier molecular flexibility index (Phi) is 5.53. The molecule has 0 aliphatic heterocycles. The fraction of sp³-hybridized carbons (Fsp3) is 0.300. The molecule has 0 bridgehead atoms. The Bertz CT molecular complexity index is 940. The number of hydrogen-bond donors (Lipinski definition) is 5. The summed E-state index contributed by atoms with van der Waals surface area (Å²) in [6.45, 7) is 1.98. The number of hydrogen-bond acceptors (Lipinski definition) is 8. The Morgan fingerprint density at radius 1 is 0.821 bits per heavy atom. The van der Waals surface area contributed by atoms with Gasteiger partial charge in [-0.3, -0.25) is 9.59 Å². The summed E-state index contributed by atoms with van der Waals surface area (Å²) in [4.78, 5) is 28.4. The summed E-state index contributed by atoms with van der Waals surface area (Å²) in [5.74, 6) is -1.58. The van der Waals surface area contributed by atoms with Crippen LogP contribution in [0, 0.1) is 0 Å². The number of ketones is 2. The molecule has 28 heavy (non-hydrogen) atoms. The SMILES string of the molecule is CN(C)CCNc1ccc(O)c2c1C(=O)c1c(O)ccc(NCCN)c1C2=O. The molecule has 8 nitrogen and oxygen atoms in total. The third-order valence-corrected chi connectivity index (χ3v) is 4.61. The summed E-state index contributed by atoms with van der Waals surface area (Å²) >= 11 is 0. The average molecular weight is 384 g/mol. The van der Waals surface area contributed by atoms with Crippen LogP contribution >= 0.6 is 0 Å². The van der Waals surface area contributed by atoms with Crippen LogP contribution in [0.25, 0.3) is 0 Å². The number of nitrogens with zero attached hydrogens (tertiary/aromatic N) is 1. The lowest BCUT2D eigenvalue weighted by Gasteiger charge is -2.24. The molecule has 0 spiro atoms. The van der Waals surface area contributed by atoms with Crippen LogP contribution in [0.4, 0.5) is 11.4 Å². The second-order valence-corrected chi connectivity index (χ2v) is 6.87. The summed E-state index contributed by atoms with van der Waals surface area (Å²) < 4.78 is 0. The van der Waals surface area contributed by atoms with E-state index in [9.17, 15) is 19.8 Å². The molecule has 0 radical (unpaired) electrons. The van der Waals surface area contributed by atoms with Crippen molar-refractivity contribution in [3.8, 4) is 11.5 Å². The fourth-order valence-electron chi connectivity index (χ4n) is 3.28. The Hall–Kier alpha value is -3.10. The first kappa shape index (κ1) is 19.7. The second-order valence-electron chi connectivity index (χ2n) is 6.87. The van der Waals surface area contributed by atoms with Gasteiger partial charge in [-0.1, -0.05) is 0 Å². The molecule has 1 aliphatic carbocycles. The van der Waals surface area contributed by atoms with Crippen molar-refractivity contribution in [2.75, 3.05) is 50.9 Å². The maximum absolute atomic E-state index is 13.2. The number of carbonyl (C=O) groups is 2. The van der Waals surface area contributed by atoms with E-state index >= 15 is 0 Å². The summed E-state index contributed by atoms with van der Waals surface area (Å²) in [6, 6.07) is 5.85. The number of carbonyl (C=O) groups excluding carboxylic acids is 2. The number of benzene rings is 2. The van der Waals surface area contributed by atoms with Crippen LogP contribution in [0.3, 0.4) is 0 Å². The van der Waals surface area contributed by atoms with Gasteiger partial charge in [0.25, 0.3) is 0 Å². The Morgan fingerprint density at radius 2 is 1.29 bits per heavy atom. The maximum atomic E-state index is 13.2. The van der Waals surface area contributed by atoms with Gasteiger partial charge in [0, 0.05) is 37.6 Å². The first-order valence-corrected chi connectivity index (χ1v) is 9.00. The van der Waals surface area contributed by atoms with Crippen molar-refractivity contribution in [2.45, 2.75) is 0 Å². The summed E-state index contributed by atoms with van der Waals surface area (Å²) in [5.41, 5.74) is 6.35. The Morgan fingerprint density at radius 3 is 1.71 bits per heavy atom. The van der Waals surface area contributed by atoms with Gasteiger partial charge >= 0.3 is 0 Å². The van der Waals surface area contributed by atoms with Crippen LogP contribution in [0.1, 0.15) is 31.8 Å². The van der Waals surface area contributed by atoms with Crippen molar-refractivity contribution in [1.29, 1.82) is 0 Å². The number of anilines is 2. The number of fused-ring (bicyclic) bond motifs is 2. The summed E-state index contributed by atoms with van der Waals surface area (Å²) in [6.07, 6.45) is 0. The average Bonchev–Trinajstić information content (AvgIpc) is 2.65. The highest BCUT2D eigenvalue weighted by atomic mass is 16.3. The van der Waals surface area contributed by atoms with E-state index in [1.165, 1.54) is 18.2 Å². The molecule has 0 saturated heterocycles. The molecule has 0 aromatic heterocycles. The topological polar surface area (TPSA) is 128 Å². The van der Waals surface area contributed by atoms with E-state index in [1.54, 1.807) is 6.07 Å². The minimum absolute atomic E-state index is 0.0479. The zero-order chi connectivity index (χ0) is 20.4. The molecule has 0 fully saturated rings. The minimum Gasteiger partial charge on any atom is -0.507 e. The first-order valence-electron chi connectivity index (χ1n) is 9.00. The molecule has 1 aliphatic rings. The van der Waals surface area contributed by atoms with Gasteiger partial charge in [-0.25, -0.2) is 0 Å². The lowest BCUT2D eigenvalue weighted by Crippen LogP contribution is -2.26. The molecule has 148 valence electrons. The molecule has 0 heterocycles. The lowest BCUT2D eigenvalue weighted by atomic mass is 9.81. The fourth-order valence-corrected chi connectivity index (χ4v) is 3.28. The molecule has 6 N–H and O–H groups in total.